The van der Waals surface area contributed by atoms with Crippen molar-refractivity contribution >= 4 is 56.7 Å². The van der Waals surface area contributed by atoms with Gasteiger partial charge in [-0.15, -0.1) is 11.3 Å². The largest absolute Gasteiger partial charge is 0.484 e. The Morgan fingerprint density at radius 2 is 1.75 bits per heavy atom. The Balaban J connectivity index is 0.812. The minimum absolute atomic E-state index is 0.0278. The van der Waals surface area contributed by atoms with E-state index in [1.54, 1.807) is 47.5 Å². The highest BCUT2D eigenvalue weighted by Crippen LogP contribution is 2.42. The molecule has 2 saturated heterocycles. The van der Waals surface area contributed by atoms with Crippen LogP contribution in [0.4, 0.5) is 24.7 Å². The number of piperidine rings is 1. The van der Waals surface area contributed by atoms with Crippen molar-refractivity contribution in [1.29, 1.82) is 0 Å². The summed E-state index contributed by atoms with van der Waals surface area (Å²) in [5.74, 6) is -0.0741. The van der Waals surface area contributed by atoms with E-state index in [1.807, 2.05) is 37.2 Å². The molecule has 306 valence electrons. The van der Waals surface area contributed by atoms with Crippen LogP contribution < -0.4 is 20.3 Å². The number of thiazole rings is 1. The van der Waals surface area contributed by atoms with E-state index in [-0.39, 0.29) is 54.3 Å². The van der Waals surface area contributed by atoms with Crippen molar-refractivity contribution in [3.8, 4) is 27.4 Å². The number of hydrogen-bond acceptors (Lipinski definition) is 11. The molecule has 13 nitrogen and oxygen atoms in total. The molecule has 1 atom stereocenters. The van der Waals surface area contributed by atoms with Gasteiger partial charge in [-0.1, -0.05) is 12.1 Å². The molecular formula is C42H41F3N8O5S. The van der Waals surface area contributed by atoms with Crippen molar-refractivity contribution in [1.82, 2.24) is 30.0 Å². The number of carbonyl (C=O) groups is 4. The molecule has 2 N–H and O–H groups in total. The van der Waals surface area contributed by atoms with E-state index in [0.29, 0.717) is 72.1 Å². The highest BCUT2D eigenvalue weighted by Gasteiger charge is 2.39. The summed E-state index contributed by atoms with van der Waals surface area (Å²) < 4.78 is 49.7. The number of fused-ring (bicyclic) bond motifs is 2. The van der Waals surface area contributed by atoms with Crippen LogP contribution in [-0.2, 0) is 27.1 Å². The van der Waals surface area contributed by atoms with Crippen molar-refractivity contribution in [2.24, 2.45) is 0 Å². The van der Waals surface area contributed by atoms with E-state index in [1.165, 1.54) is 22.3 Å². The molecule has 0 aliphatic carbocycles. The van der Waals surface area contributed by atoms with Crippen LogP contribution in [0.25, 0.3) is 31.9 Å². The van der Waals surface area contributed by atoms with Crippen molar-refractivity contribution in [3.05, 3.63) is 89.6 Å². The summed E-state index contributed by atoms with van der Waals surface area (Å²) in [6.07, 6.45) is -2.56. The first-order valence-corrected chi connectivity index (χ1v) is 20.0. The first-order chi connectivity index (χ1) is 28.3. The number of rotatable bonds is 11. The predicted octanol–water partition coefficient (Wildman–Crippen LogP) is 5.51. The Kier molecular flexibility index (Phi) is 11.0. The van der Waals surface area contributed by atoms with E-state index >= 15 is 0 Å². The van der Waals surface area contributed by atoms with Crippen LogP contribution in [0, 0.1) is 0 Å². The van der Waals surface area contributed by atoms with Crippen LogP contribution in [0.1, 0.15) is 34.3 Å². The van der Waals surface area contributed by atoms with Crippen LogP contribution >= 0.6 is 11.3 Å². The molecule has 3 aromatic carbocycles. The zero-order valence-corrected chi connectivity index (χ0v) is 33.2. The lowest BCUT2D eigenvalue weighted by molar-refractivity contribution is -0.138. The normalized spacial score (nSPS) is 17.3. The van der Waals surface area contributed by atoms with Crippen LogP contribution in [0.15, 0.2) is 72.9 Å². The number of alkyl halides is 3. The monoisotopic (exact) mass is 826 g/mol. The van der Waals surface area contributed by atoms with E-state index in [0.717, 1.165) is 23.0 Å². The number of imide groups is 1. The average Bonchev–Trinajstić information content (AvgIpc) is 3.79. The maximum absolute atomic E-state index is 14.4. The Morgan fingerprint density at radius 3 is 2.47 bits per heavy atom. The summed E-state index contributed by atoms with van der Waals surface area (Å²) in [7, 11) is 3.69. The molecule has 0 spiro atoms. The van der Waals surface area contributed by atoms with Gasteiger partial charge in [-0.25, -0.2) is 9.97 Å². The molecule has 59 heavy (non-hydrogen) atoms. The minimum Gasteiger partial charge on any atom is -0.484 e. The lowest BCUT2D eigenvalue weighted by atomic mass is 10.00. The molecule has 17 heteroatoms. The van der Waals surface area contributed by atoms with Crippen molar-refractivity contribution in [3.63, 3.8) is 0 Å². The zero-order chi connectivity index (χ0) is 41.4. The number of ether oxygens (including phenoxy) is 1. The van der Waals surface area contributed by atoms with Crippen molar-refractivity contribution < 1.29 is 37.1 Å². The fourth-order valence-corrected chi connectivity index (χ4v) is 8.62. The van der Waals surface area contributed by atoms with Gasteiger partial charge in [0.1, 0.15) is 22.6 Å². The first kappa shape index (κ1) is 39.7. The van der Waals surface area contributed by atoms with Gasteiger partial charge in [0.25, 0.3) is 11.8 Å². The van der Waals surface area contributed by atoms with Crippen LogP contribution in [0.2, 0.25) is 0 Å². The summed E-state index contributed by atoms with van der Waals surface area (Å²) in [4.78, 5) is 66.1. The summed E-state index contributed by atoms with van der Waals surface area (Å²) >= 11 is 1.21. The number of anilines is 2. The van der Waals surface area contributed by atoms with E-state index in [4.69, 9.17) is 4.74 Å². The molecular weight excluding hydrogens is 786 g/mol. The van der Waals surface area contributed by atoms with Gasteiger partial charge < -0.3 is 24.8 Å². The number of halogens is 3. The van der Waals surface area contributed by atoms with Crippen molar-refractivity contribution in [2.75, 3.05) is 70.2 Å². The predicted molar refractivity (Wildman–Crippen MR) is 217 cm³/mol. The molecule has 0 radical (unpaired) electrons. The second-order valence-corrected chi connectivity index (χ2v) is 15.9. The number of pyridine rings is 1. The summed E-state index contributed by atoms with van der Waals surface area (Å²) in [6, 6.07) is 17.7. The van der Waals surface area contributed by atoms with Crippen LogP contribution in [0.5, 0.6) is 5.75 Å². The molecule has 4 amide bonds. The first-order valence-electron chi connectivity index (χ1n) is 19.2. The molecule has 5 aromatic rings. The average molecular weight is 827 g/mol. The number of hydrogen-bond donors (Lipinski definition) is 2. The lowest BCUT2D eigenvalue weighted by Crippen LogP contribution is -2.52. The van der Waals surface area contributed by atoms with Gasteiger partial charge in [0.05, 0.1) is 15.8 Å². The summed E-state index contributed by atoms with van der Waals surface area (Å²) in [6.45, 7) is 3.86. The number of nitrogens with zero attached hydrogens (tertiary/aromatic N) is 6. The molecule has 0 bridgehead atoms. The topological polar surface area (TPSA) is 140 Å². The molecule has 8 rings (SSSR count). The summed E-state index contributed by atoms with van der Waals surface area (Å²) in [5, 5.41) is 6.00. The molecule has 2 fully saturated rings. The van der Waals surface area contributed by atoms with Crippen molar-refractivity contribution in [2.45, 2.75) is 31.6 Å². The Labute approximate surface area is 341 Å². The second kappa shape index (κ2) is 16.3. The summed E-state index contributed by atoms with van der Waals surface area (Å²) in [5.41, 5.74) is 2.90. The van der Waals surface area contributed by atoms with Gasteiger partial charge in [-0.3, -0.25) is 29.4 Å². The highest BCUT2D eigenvalue weighted by atomic mass is 32.1. The number of amides is 4. The van der Waals surface area contributed by atoms with Gasteiger partial charge in [-0.05, 0) is 72.1 Å². The van der Waals surface area contributed by atoms with Gasteiger partial charge in [0, 0.05) is 94.9 Å². The third kappa shape index (κ3) is 8.57. The molecule has 1 unspecified atom stereocenters. The van der Waals surface area contributed by atoms with Crippen LogP contribution in [0.3, 0.4) is 0 Å². The Morgan fingerprint density at radius 1 is 0.966 bits per heavy atom. The van der Waals surface area contributed by atoms with Gasteiger partial charge >= 0.3 is 6.18 Å². The quantitative estimate of drug-likeness (QED) is 0.164. The smallest absolute Gasteiger partial charge is 0.417 e. The van der Waals surface area contributed by atoms with Gasteiger partial charge in [0.15, 0.2) is 6.61 Å². The second-order valence-electron chi connectivity index (χ2n) is 14.9. The molecule has 3 aliphatic rings. The zero-order valence-electron chi connectivity index (χ0n) is 32.3. The molecule has 5 heterocycles. The number of nitrogens with one attached hydrogen (secondary N) is 2. The minimum atomic E-state index is -4.59. The maximum Gasteiger partial charge on any atom is 0.417 e. The van der Waals surface area contributed by atoms with E-state index in [9.17, 15) is 32.3 Å². The highest BCUT2D eigenvalue weighted by molar-refractivity contribution is 7.21. The van der Waals surface area contributed by atoms with Gasteiger partial charge in [-0.2, -0.15) is 13.2 Å². The van der Waals surface area contributed by atoms with E-state index < -0.39 is 23.7 Å². The lowest BCUT2D eigenvalue weighted by Gasteiger charge is -2.34. The fraction of sp³-hybridized carbons (Fsp3) is 0.333. The number of piperazine rings is 1. The third-order valence-electron chi connectivity index (χ3n) is 10.8. The Bertz CT molecular complexity index is 2430. The third-order valence-corrected chi connectivity index (χ3v) is 11.9. The van der Waals surface area contributed by atoms with E-state index in [2.05, 4.69) is 25.5 Å². The number of carbonyl (C=O) groups excluding carboxylic acids is 4. The molecule has 0 saturated carbocycles. The maximum atomic E-state index is 14.4. The number of benzene rings is 3. The standard InChI is InChI=1S/C42H41F3N8O5S/c1-50(2)36-11-4-26(22-47-36)25-3-7-31(32(20-25)42(43,44)45)40-48-33-9-5-28(21-35(33)59-40)46-13-14-51-15-17-52(18-16-51)38(55)24-58-29-6-8-30-27(19-29)23-53(41(30)57)34-10-12-37(54)49-39(34)56/h3-9,11,19-22,34,46H,10,12-18,23-24H2,1-2H3,(H,49,54,56). The number of aromatic nitrogens is 2. The van der Waals surface area contributed by atoms with Gasteiger partial charge in [0.2, 0.25) is 11.8 Å². The SMILES string of the molecule is CN(C)c1ccc(-c2ccc(-c3nc4ccc(NCCN5CCN(C(=O)COc6ccc7c(c6)CN(C6CCC(=O)NC6=O)C7=O)CC5)cc4s3)c(C(F)(F)F)c2)cn1. The van der Waals surface area contributed by atoms with Crippen LogP contribution in [-0.4, -0.2) is 114 Å². The molecule has 3 aliphatic heterocycles. The molecule has 2 aromatic heterocycles. The fourth-order valence-electron chi connectivity index (χ4n) is 7.57. The Hall–Kier alpha value is -6.07.